The van der Waals surface area contributed by atoms with Gasteiger partial charge in [-0.25, -0.2) is 4.79 Å². The predicted octanol–water partition coefficient (Wildman–Crippen LogP) is 0.945. The lowest BCUT2D eigenvalue weighted by Gasteiger charge is -2.15. The topological polar surface area (TPSA) is 92.7 Å². The lowest BCUT2D eigenvalue weighted by molar-refractivity contribution is -0.144. The van der Waals surface area contributed by atoms with Crippen LogP contribution in [0.5, 0.6) is 0 Å². The van der Waals surface area contributed by atoms with Gasteiger partial charge in [0.15, 0.2) is 0 Å². The monoisotopic (exact) mass is 259 g/mol. The maximum absolute atomic E-state index is 11.6. The van der Waals surface area contributed by atoms with Gasteiger partial charge in [-0.15, -0.1) is 0 Å². The van der Waals surface area contributed by atoms with Gasteiger partial charge in [0.25, 0.3) is 0 Å². The van der Waals surface area contributed by atoms with Gasteiger partial charge < -0.3 is 15.2 Å². The van der Waals surface area contributed by atoms with E-state index in [4.69, 9.17) is 5.11 Å². The van der Waals surface area contributed by atoms with Crippen molar-refractivity contribution in [2.45, 2.75) is 45.6 Å². The molecule has 18 heavy (non-hydrogen) atoms. The van der Waals surface area contributed by atoms with Crippen LogP contribution in [-0.4, -0.2) is 36.1 Å². The summed E-state index contributed by atoms with van der Waals surface area (Å²) in [7, 11) is 1.24. The Morgan fingerprint density at radius 2 is 1.94 bits per heavy atom. The fourth-order valence-corrected chi connectivity index (χ4v) is 1.34. The van der Waals surface area contributed by atoms with Crippen molar-refractivity contribution in [2.24, 2.45) is 5.92 Å². The molecule has 0 rings (SSSR count). The van der Waals surface area contributed by atoms with E-state index < -0.39 is 18.0 Å². The summed E-state index contributed by atoms with van der Waals surface area (Å²) in [6.07, 6.45) is 1.15. The Hall–Kier alpha value is -1.59. The summed E-state index contributed by atoms with van der Waals surface area (Å²) < 4.78 is 4.42. The Balaban J connectivity index is 4.23. The van der Waals surface area contributed by atoms with E-state index in [1.807, 2.05) is 13.8 Å². The van der Waals surface area contributed by atoms with Crippen LogP contribution in [0, 0.1) is 5.92 Å². The molecule has 2 atom stereocenters. The zero-order chi connectivity index (χ0) is 14.1. The molecule has 0 aliphatic carbocycles. The molecule has 104 valence electrons. The van der Waals surface area contributed by atoms with Gasteiger partial charge in [0.2, 0.25) is 5.91 Å². The third kappa shape index (κ3) is 6.88. The van der Waals surface area contributed by atoms with Crippen LogP contribution in [0.3, 0.4) is 0 Å². The molecule has 0 radical (unpaired) electrons. The molecule has 6 nitrogen and oxygen atoms in total. The molecule has 0 fully saturated rings. The van der Waals surface area contributed by atoms with Crippen molar-refractivity contribution in [3.8, 4) is 0 Å². The maximum atomic E-state index is 11.6. The zero-order valence-corrected chi connectivity index (χ0v) is 11.1. The van der Waals surface area contributed by atoms with E-state index in [-0.39, 0.29) is 24.7 Å². The van der Waals surface area contributed by atoms with Crippen molar-refractivity contribution in [1.29, 1.82) is 0 Å². The molecule has 2 N–H and O–H groups in total. The van der Waals surface area contributed by atoms with E-state index >= 15 is 0 Å². The van der Waals surface area contributed by atoms with E-state index in [9.17, 15) is 14.4 Å². The van der Waals surface area contributed by atoms with Gasteiger partial charge in [-0.3, -0.25) is 9.59 Å². The van der Waals surface area contributed by atoms with E-state index in [2.05, 4.69) is 10.1 Å². The average molecular weight is 259 g/mol. The molecule has 0 spiro atoms. The number of esters is 1. The van der Waals surface area contributed by atoms with Gasteiger partial charge in [0, 0.05) is 12.8 Å². The van der Waals surface area contributed by atoms with Crippen molar-refractivity contribution in [3.05, 3.63) is 0 Å². The number of rotatable bonds is 8. The van der Waals surface area contributed by atoms with Crippen molar-refractivity contribution < 1.29 is 24.2 Å². The lowest BCUT2D eigenvalue weighted by atomic mass is 10.0. The van der Waals surface area contributed by atoms with Crippen LogP contribution in [0.4, 0.5) is 0 Å². The molecule has 1 unspecified atom stereocenters. The van der Waals surface area contributed by atoms with Gasteiger partial charge in [-0.2, -0.15) is 0 Å². The maximum Gasteiger partial charge on any atom is 0.326 e. The first-order valence-corrected chi connectivity index (χ1v) is 5.99. The fourth-order valence-electron chi connectivity index (χ4n) is 1.34. The normalized spacial score (nSPS) is 13.5. The SMILES string of the molecule is CCC(C)CC(=O)N[C@@H](CCC(=O)OC)C(=O)O. The van der Waals surface area contributed by atoms with Gasteiger partial charge in [0.05, 0.1) is 7.11 Å². The Morgan fingerprint density at radius 3 is 2.39 bits per heavy atom. The summed E-state index contributed by atoms with van der Waals surface area (Å²) in [6.45, 7) is 3.88. The summed E-state index contributed by atoms with van der Waals surface area (Å²) in [5.41, 5.74) is 0. The minimum absolute atomic E-state index is 0.0307. The quantitative estimate of drug-likeness (QED) is 0.633. The molecule has 0 saturated heterocycles. The second-order valence-electron chi connectivity index (χ2n) is 4.29. The van der Waals surface area contributed by atoms with Crippen molar-refractivity contribution in [3.63, 3.8) is 0 Å². The van der Waals surface area contributed by atoms with Crippen LogP contribution in [0.2, 0.25) is 0 Å². The minimum Gasteiger partial charge on any atom is -0.480 e. The number of carboxylic acids is 1. The first-order chi connectivity index (χ1) is 8.40. The summed E-state index contributed by atoms with van der Waals surface area (Å²) in [6, 6.07) is -1.04. The Bertz CT molecular complexity index is 303. The van der Waals surface area contributed by atoms with Crippen molar-refractivity contribution >= 4 is 17.8 Å². The smallest absolute Gasteiger partial charge is 0.326 e. The van der Waals surface area contributed by atoms with Crippen LogP contribution in [-0.2, 0) is 19.1 Å². The summed E-state index contributed by atoms with van der Waals surface area (Å²) in [5, 5.41) is 11.3. The summed E-state index contributed by atoms with van der Waals surface area (Å²) >= 11 is 0. The highest BCUT2D eigenvalue weighted by Crippen LogP contribution is 2.07. The number of aliphatic carboxylic acids is 1. The molecule has 0 aliphatic rings. The number of amides is 1. The van der Waals surface area contributed by atoms with Crippen LogP contribution in [0.1, 0.15) is 39.5 Å². The molecule has 0 bridgehead atoms. The molecule has 0 heterocycles. The molecule has 0 aromatic rings. The zero-order valence-electron chi connectivity index (χ0n) is 11.1. The predicted molar refractivity (Wildman–Crippen MR) is 64.9 cm³/mol. The molecule has 0 aromatic heterocycles. The molecule has 0 saturated carbocycles. The number of hydrogen-bond donors (Lipinski definition) is 2. The number of hydrogen-bond acceptors (Lipinski definition) is 4. The number of ether oxygens (including phenoxy) is 1. The highest BCUT2D eigenvalue weighted by atomic mass is 16.5. The van der Waals surface area contributed by atoms with Crippen LogP contribution >= 0.6 is 0 Å². The molecule has 0 aromatic carbocycles. The van der Waals surface area contributed by atoms with E-state index in [0.717, 1.165) is 6.42 Å². The number of methoxy groups -OCH3 is 1. The molecule has 1 amide bonds. The molecular weight excluding hydrogens is 238 g/mol. The third-order valence-corrected chi connectivity index (χ3v) is 2.73. The standard InChI is InChI=1S/C12H21NO5/c1-4-8(2)7-10(14)13-9(12(16)17)5-6-11(15)18-3/h8-9H,4-7H2,1-3H3,(H,13,14)(H,16,17)/t8?,9-/m0/s1. The van der Waals surface area contributed by atoms with Gasteiger partial charge >= 0.3 is 11.9 Å². The first kappa shape index (κ1) is 16.4. The van der Waals surface area contributed by atoms with E-state index in [0.29, 0.717) is 6.42 Å². The summed E-state index contributed by atoms with van der Waals surface area (Å²) in [5.74, 6) is -1.73. The molecule has 6 heteroatoms. The van der Waals surface area contributed by atoms with Gasteiger partial charge in [0.1, 0.15) is 6.04 Å². The van der Waals surface area contributed by atoms with E-state index in [1.165, 1.54) is 7.11 Å². The highest BCUT2D eigenvalue weighted by Gasteiger charge is 2.21. The minimum atomic E-state index is -1.14. The average Bonchev–Trinajstić information content (AvgIpc) is 2.33. The highest BCUT2D eigenvalue weighted by molar-refractivity contribution is 5.84. The third-order valence-electron chi connectivity index (χ3n) is 2.73. The first-order valence-electron chi connectivity index (χ1n) is 5.99. The van der Waals surface area contributed by atoms with Crippen LogP contribution < -0.4 is 5.32 Å². The number of carbonyl (C=O) groups excluding carboxylic acids is 2. The summed E-state index contributed by atoms with van der Waals surface area (Å²) in [4.78, 5) is 33.4. The van der Waals surface area contributed by atoms with Gasteiger partial charge in [-0.05, 0) is 12.3 Å². The van der Waals surface area contributed by atoms with Crippen molar-refractivity contribution in [2.75, 3.05) is 7.11 Å². The second-order valence-corrected chi connectivity index (χ2v) is 4.29. The number of carbonyl (C=O) groups is 3. The van der Waals surface area contributed by atoms with Gasteiger partial charge in [-0.1, -0.05) is 20.3 Å². The van der Waals surface area contributed by atoms with Crippen molar-refractivity contribution in [1.82, 2.24) is 5.32 Å². The van der Waals surface area contributed by atoms with Crippen LogP contribution in [0.15, 0.2) is 0 Å². The lowest BCUT2D eigenvalue weighted by Crippen LogP contribution is -2.41. The largest absolute Gasteiger partial charge is 0.480 e. The number of carboxylic acid groups (broad SMARTS) is 1. The van der Waals surface area contributed by atoms with Crippen LogP contribution in [0.25, 0.3) is 0 Å². The fraction of sp³-hybridized carbons (Fsp3) is 0.750. The Kier molecular flexibility index (Phi) is 7.74. The second kappa shape index (κ2) is 8.49. The molecule has 0 aliphatic heterocycles. The van der Waals surface area contributed by atoms with E-state index in [1.54, 1.807) is 0 Å². The molecular formula is C12H21NO5. The number of nitrogens with one attached hydrogen (secondary N) is 1. The Labute approximate surface area is 107 Å². The Morgan fingerprint density at radius 1 is 1.33 bits per heavy atom.